The summed E-state index contributed by atoms with van der Waals surface area (Å²) in [6.45, 7) is 1.23. The molecular weight excluding hydrogens is 243 g/mol. The number of benzene rings is 1. The third kappa shape index (κ3) is 4.30. The van der Waals surface area contributed by atoms with Crippen LogP contribution in [0.2, 0.25) is 0 Å². The Hall–Kier alpha value is -2.01. The maximum atomic E-state index is 13.0. The van der Waals surface area contributed by atoms with E-state index in [0.29, 0.717) is 19.5 Å². The Morgan fingerprint density at radius 2 is 2.11 bits per heavy atom. The summed E-state index contributed by atoms with van der Waals surface area (Å²) in [7, 11) is 0. The van der Waals surface area contributed by atoms with Crippen molar-refractivity contribution in [1.29, 1.82) is 0 Å². The van der Waals surface area contributed by atoms with Gasteiger partial charge in [0.1, 0.15) is 17.5 Å². The lowest BCUT2D eigenvalue weighted by Gasteiger charge is -2.06. The van der Waals surface area contributed by atoms with Gasteiger partial charge < -0.3 is 11.1 Å². The van der Waals surface area contributed by atoms with Crippen LogP contribution in [0.1, 0.15) is 11.4 Å². The molecule has 1 aromatic heterocycles. The molecular formula is C14H17FN4. The fourth-order valence-electron chi connectivity index (χ4n) is 1.77. The molecule has 0 amide bonds. The van der Waals surface area contributed by atoms with Crippen LogP contribution in [0.4, 0.5) is 10.2 Å². The summed E-state index contributed by atoms with van der Waals surface area (Å²) in [6, 6.07) is 8.42. The van der Waals surface area contributed by atoms with Crippen LogP contribution in [-0.4, -0.2) is 23.1 Å². The van der Waals surface area contributed by atoms with Crippen LogP contribution >= 0.6 is 0 Å². The molecule has 2 rings (SSSR count). The zero-order valence-electron chi connectivity index (χ0n) is 10.6. The van der Waals surface area contributed by atoms with E-state index in [1.54, 1.807) is 18.3 Å². The van der Waals surface area contributed by atoms with Gasteiger partial charge in [0, 0.05) is 19.2 Å². The van der Waals surface area contributed by atoms with Gasteiger partial charge in [-0.1, -0.05) is 12.1 Å². The Morgan fingerprint density at radius 3 is 2.89 bits per heavy atom. The average Bonchev–Trinajstić information content (AvgIpc) is 2.40. The minimum atomic E-state index is -0.204. The van der Waals surface area contributed by atoms with Crippen LogP contribution in [0, 0.1) is 5.82 Å². The molecule has 0 saturated carbocycles. The molecule has 4 nitrogen and oxygen atoms in total. The van der Waals surface area contributed by atoms with E-state index >= 15 is 0 Å². The number of aromatic nitrogens is 2. The van der Waals surface area contributed by atoms with Crippen molar-refractivity contribution in [3.8, 4) is 0 Å². The molecule has 0 aliphatic heterocycles. The van der Waals surface area contributed by atoms with Crippen LogP contribution < -0.4 is 11.1 Å². The molecule has 2 aromatic rings. The van der Waals surface area contributed by atoms with Gasteiger partial charge in [-0.3, -0.25) is 0 Å². The number of nitrogens with two attached hydrogens (primary N) is 1. The molecule has 3 N–H and O–H groups in total. The van der Waals surface area contributed by atoms with Crippen molar-refractivity contribution in [2.75, 3.05) is 18.4 Å². The first-order valence-electron chi connectivity index (χ1n) is 6.28. The molecule has 1 heterocycles. The number of hydrogen-bond donors (Lipinski definition) is 2. The summed E-state index contributed by atoms with van der Waals surface area (Å²) in [5.41, 5.74) is 6.43. The van der Waals surface area contributed by atoms with E-state index in [-0.39, 0.29) is 5.82 Å². The lowest BCUT2D eigenvalue weighted by atomic mass is 10.1. The molecule has 0 aliphatic carbocycles. The Kier molecular flexibility index (Phi) is 4.80. The molecule has 100 valence electrons. The Labute approximate surface area is 111 Å². The van der Waals surface area contributed by atoms with E-state index in [4.69, 9.17) is 5.73 Å². The lowest BCUT2D eigenvalue weighted by Crippen LogP contribution is -2.10. The first kappa shape index (κ1) is 13.4. The van der Waals surface area contributed by atoms with E-state index in [2.05, 4.69) is 15.3 Å². The highest BCUT2D eigenvalue weighted by Crippen LogP contribution is 2.06. The number of nitrogens with zero attached hydrogens (tertiary/aromatic N) is 2. The maximum absolute atomic E-state index is 13.0. The van der Waals surface area contributed by atoms with Gasteiger partial charge in [0.15, 0.2) is 0 Å². The minimum Gasteiger partial charge on any atom is -0.370 e. The molecule has 0 unspecified atom stereocenters. The van der Waals surface area contributed by atoms with Crippen molar-refractivity contribution in [2.24, 2.45) is 5.73 Å². The van der Waals surface area contributed by atoms with E-state index < -0.39 is 0 Å². The van der Waals surface area contributed by atoms with Gasteiger partial charge in [-0.25, -0.2) is 14.4 Å². The topological polar surface area (TPSA) is 63.8 Å². The quantitative estimate of drug-likeness (QED) is 0.831. The molecule has 0 spiro atoms. The molecule has 0 fully saturated rings. The zero-order chi connectivity index (χ0) is 13.5. The summed E-state index contributed by atoms with van der Waals surface area (Å²) in [4.78, 5) is 8.46. The Bertz CT molecular complexity index is 530. The highest BCUT2D eigenvalue weighted by molar-refractivity contribution is 5.33. The average molecular weight is 260 g/mol. The van der Waals surface area contributed by atoms with Crippen molar-refractivity contribution in [3.05, 3.63) is 53.7 Å². The molecule has 0 atom stereocenters. The summed E-state index contributed by atoms with van der Waals surface area (Å²) in [5, 5.41) is 3.20. The van der Waals surface area contributed by atoms with Gasteiger partial charge in [-0.15, -0.1) is 0 Å². The van der Waals surface area contributed by atoms with Crippen molar-refractivity contribution in [2.45, 2.75) is 12.8 Å². The molecule has 5 heteroatoms. The monoisotopic (exact) mass is 260 g/mol. The predicted molar refractivity (Wildman–Crippen MR) is 73.4 cm³/mol. The smallest absolute Gasteiger partial charge is 0.131 e. The van der Waals surface area contributed by atoms with Gasteiger partial charge in [0.05, 0.1) is 0 Å². The van der Waals surface area contributed by atoms with Crippen molar-refractivity contribution < 1.29 is 4.39 Å². The standard InChI is InChI=1S/C14H17FN4/c15-12-3-1-2-11(10-12)5-8-17-14-6-9-18-13(19-14)4-7-16/h1-3,6,9-10H,4-5,7-8,16H2,(H,17,18,19). The minimum absolute atomic E-state index is 0.204. The Balaban J connectivity index is 1.87. The highest BCUT2D eigenvalue weighted by Gasteiger charge is 1.99. The summed E-state index contributed by atoms with van der Waals surface area (Å²) in [6.07, 6.45) is 3.12. The molecule has 0 radical (unpaired) electrons. The SMILES string of the molecule is NCCc1nccc(NCCc2cccc(F)c2)n1. The summed E-state index contributed by atoms with van der Waals surface area (Å²) >= 11 is 0. The summed E-state index contributed by atoms with van der Waals surface area (Å²) in [5.74, 6) is 1.30. The van der Waals surface area contributed by atoms with Crippen LogP contribution in [0.25, 0.3) is 0 Å². The molecule has 0 bridgehead atoms. The number of anilines is 1. The van der Waals surface area contributed by atoms with Gasteiger partial charge in [-0.2, -0.15) is 0 Å². The third-order valence-electron chi connectivity index (χ3n) is 2.68. The fourth-order valence-corrected chi connectivity index (χ4v) is 1.77. The third-order valence-corrected chi connectivity index (χ3v) is 2.68. The second-order valence-electron chi connectivity index (χ2n) is 4.20. The van der Waals surface area contributed by atoms with E-state index in [1.165, 1.54) is 6.07 Å². The Morgan fingerprint density at radius 1 is 1.21 bits per heavy atom. The van der Waals surface area contributed by atoms with Crippen molar-refractivity contribution in [3.63, 3.8) is 0 Å². The van der Waals surface area contributed by atoms with Crippen LogP contribution in [0.3, 0.4) is 0 Å². The number of rotatable bonds is 6. The molecule has 0 saturated heterocycles. The van der Waals surface area contributed by atoms with E-state index in [1.807, 2.05) is 12.1 Å². The van der Waals surface area contributed by atoms with Crippen LogP contribution in [-0.2, 0) is 12.8 Å². The van der Waals surface area contributed by atoms with E-state index in [9.17, 15) is 4.39 Å². The van der Waals surface area contributed by atoms with Gasteiger partial charge in [0.25, 0.3) is 0 Å². The fraction of sp³-hybridized carbons (Fsp3) is 0.286. The molecule has 0 aliphatic rings. The van der Waals surface area contributed by atoms with Gasteiger partial charge in [0.2, 0.25) is 0 Å². The molecule has 19 heavy (non-hydrogen) atoms. The van der Waals surface area contributed by atoms with Crippen LogP contribution in [0.15, 0.2) is 36.5 Å². The number of nitrogens with one attached hydrogen (secondary N) is 1. The van der Waals surface area contributed by atoms with Gasteiger partial charge in [-0.05, 0) is 36.7 Å². The van der Waals surface area contributed by atoms with E-state index in [0.717, 1.165) is 23.6 Å². The maximum Gasteiger partial charge on any atom is 0.131 e. The zero-order valence-corrected chi connectivity index (χ0v) is 10.6. The van der Waals surface area contributed by atoms with Crippen LogP contribution in [0.5, 0.6) is 0 Å². The second-order valence-corrected chi connectivity index (χ2v) is 4.20. The second kappa shape index (κ2) is 6.80. The lowest BCUT2D eigenvalue weighted by molar-refractivity contribution is 0.625. The first-order chi connectivity index (χ1) is 9.28. The molecule has 1 aromatic carbocycles. The van der Waals surface area contributed by atoms with Crippen molar-refractivity contribution >= 4 is 5.82 Å². The largest absolute Gasteiger partial charge is 0.370 e. The number of halogens is 1. The van der Waals surface area contributed by atoms with Crippen molar-refractivity contribution in [1.82, 2.24) is 9.97 Å². The normalized spacial score (nSPS) is 10.4. The van der Waals surface area contributed by atoms with Gasteiger partial charge >= 0.3 is 0 Å². The highest BCUT2D eigenvalue weighted by atomic mass is 19.1. The first-order valence-corrected chi connectivity index (χ1v) is 6.28. The predicted octanol–water partition coefficient (Wildman–Crippen LogP) is 1.77. The summed E-state index contributed by atoms with van der Waals surface area (Å²) < 4.78 is 13.0. The number of hydrogen-bond acceptors (Lipinski definition) is 4.